The summed E-state index contributed by atoms with van der Waals surface area (Å²) < 4.78 is 5.14. The maximum Gasteiger partial charge on any atom is 0.348 e. The van der Waals surface area contributed by atoms with Crippen molar-refractivity contribution < 1.29 is 14.1 Å². The van der Waals surface area contributed by atoms with Crippen LogP contribution in [-0.2, 0) is 4.79 Å². The Balaban J connectivity index is 2.26. The highest BCUT2D eigenvalue weighted by Crippen LogP contribution is 2.14. The first-order chi connectivity index (χ1) is 7.18. The van der Waals surface area contributed by atoms with Crippen LogP contribution in [0.1, 0.15) is 5.56 Å². The number of aliphatic carboxylic acids is 1. The first kappa shape index (κ1) is 11.4. The Labute approximate surface area is 91.5 Å². The van der Waals surface area contributed by atoms with Crippen molar-refractivity contribution >= 4 is 24.4 Å². The van der Waals surface area contributed by atoms with E-state index in [9.17, 15) is 4.79 Å². The van der Waals surface area contributed by atoms with Crippen LogP contribution < -0.4 is 9.01 Å². The maximum atomic E-state index is 10.0. The van der Waals surface area contributed by atoms with E-state index in [2.05, 4.69) is 9.93 Å². The standard InChI is InChI=1S/C9H10N2O3S/c1-7-2-4-8(5-3-7)14-15-11-10-6-9(12)13/h2-6,11H,1H3,(H,12,13)/b10-6+. The zero-order valence-corrected chi connectivity index (χ0v) is 8.82. The van der Waals surface area contributed by atoms with E-state index < -0.39 is 5.97 Å². The smallest absolute Gasteiger partial charge is 0.348 e. The summed E-state index contributed by atoms with van der Waals surface area (Å²) >= 11 is 0.843. The lowest BCUT2D eigenvalue weighted by Crippen LogP contribution is -2.02. The van der Waals surface area contributed by atoms with Crippen molar-refractivity contribution in [1.82, 2.24) is 4.83 Å². The first-order valence-corrected chi connectivity index (χ1v) is 4.84. The zero-order chi connectivity index (χ0) is 11.1. The number of hydrogen-bond acceptors (Lipinski definition) is 5. The monoisotopic (exact) mass is 226 g/mol. The Morgan fingerprint density at radius 1 is 1.53 bits per heavy atom. The second-order valence-corrected chi connectivity index (χ2v) is 3.18. The third kappa shape index (κ3) is 4.92. The zero-order valence-electron chi connectivity index (χ0n) is 8.01. The predicted octanol–water partition coefficient (Wildman–Crippen LogP) is 1.60. The molecule has 1 rings (SSSR count). The normalized spacial score (nSPS) is 10.2. The van der Waals surface area contributed by atoms with Crippen molar-refractivity contribution in [3.05, 3.63) is 29.8 Å². The third-order valence-electron chi connectivity index (χ3n) is 1.42. The fraction of sp³-hybridized carbons (Fsp3) is 0.111. The van der Waals surface area contributed by atoms with Crippen LogP contribution in [0.3, 0.4) is 0 Å². The first-order valence-electron chi connectivity index (χ1n) is 4.09. The van der Waals surface area contributed by atoms with E-state index in [1.54, 1.807) is 0 Å². The Morgan fingerprint density at radius 2 is 2.20 bits per heavy atom. The van der Waals surface area contributed by atoms with E-state index in [1.807, 2.05) is 31.2 Å². The van der Waals surface area contributed by atoms with Crippen molar-refractivity contribution in [3.8, 4) is 5.75 Å². The quantitative estimate of drug-likeness (QED) is 0.262. The van der Waals surface area contributed by atoms with Gasteiger partial charge >= 0.3 is 5.97 Å². The molecule has 0 radical (unpaired) electrons. The van der Waals surface area contributed by atoms with Gasteiger partial charge in [-0.3, -0.25) is 0 Å². The third-order valence-corrected chi connectivity index (χ3v) is 1.88. The van der Waals surface area contributed by atoms with Gasteiger partial charge in [0, 0.05) is 0 Å². The fourth-order valence-electron chi connectivity index (χ4n) is 0.764. The molecule has 1 aromatic rings. The number of aryl methyl sites for hydroxylation is 1. The van der Waals surface area contributed by atoms with Gasteiger partial charge in [0.1, 0.15) is 12.0 Å². The van der Waals surface area contributed by atoms with Gasteiger partial charge in [0.25, 0.3) is 0 Å². The lowest BCUT2D eigenvalue weighted by atomic mass is 10.2. The molecule has 0 aromatic heterocycles. The molecule has 5 nitrogen and oxygen atoms in total. The number of benzene rings is 1. The van der Waals surface area contributed by atoms with Crippen molar-refractivity contribution in [2.24, 2.45) is 5.10 Å². The summed E-state index contributed by atoms with van der Waals surface area (Å²) in [5.41, 5.74) is 1.14. The topological polar surface area (TPSA) is 70.9 Å². The largest absolute Gasteiger partial charge is 0.477 e. The van der Waals surface area contributed by atoms with Gasteiger partial charge in [0.15, 0.2) is 12.2 Å². The van der Waals surface area contributed by atoms with Crippen molar-refractivity contribution in [3.63, 3.8) is 0 Å². The molecular formula is C9H10N2O3S. The van der Waals surface area contributed by atoms with Crippen molar-refractivity contribution in [1.29, 1.82) is 0 Å². The van der Waals surface area contributed by atoms with Gasteiger partial charge in [-0.15, -0.1) is 0 Å². The van der Waals surface area contributed by atoms with Crippen LogP contribution in [0, 0.1) is 6.92 Å². The Morgan fingerprint density at radius 3 is 2.80 bits per heavy atom. The van der Waals surface area contributed by atoms with E-state index >= 15 is 0 Å². The highest BCUT2D eigenvalue weighted by Gasteiger charge is 1.93. The molecule has 0 saturated carbocycles. The number of hydrazone groups is 1. The van der Waals surface area contributed by atoms with Gasteiger partial charge in [-0.1, -0.05) is 17.7 Å². The lowest BCUT2D eigenvalue weighted by Gasteiger charge is -2.01. The van der Waals surface area contributed by atoms with Gasteiger partial charge < -0.3 is 9.29 Å². The summed E-state index contributed by atoms with van der Waals surface area (Å²) in [6.45, 7) is 1.98. The summed E-state index contributed by atoms with van der Waals surface area (Å²) in [6, 6.07) is 7.45. The lowest BCUT2D eigenvalue weighted by molar-refractivity contribution is -0.128. The van der Waals surface area contributed by atoms with Gasteiger partial charge in [-0.2, -0.15) is 5.10 Å². The minimum atomic E-state index is -1.11. The van der Waals surface area contributed by atoms with Crippen LogP contribution in [0.2, 0.25) is 0 Å². The summed E-state index contributed by atoms with van der Waals surface area (Å²) in [5, 5.41) is 11.6. The minimum absolute atomic E-state index is 0.670. The number of hydrogen-bond donors (Lipinski definition) is 2. The molecule has 0 aliphatic heterocycles. The second-order valence-electron chi connectivity index (χ2n) is 2.67. The molecule has 0 spiro atoms. The van der Waals surface area contributed by atoms with Gasteiger partial charge in [-0.05, 0) is 19.1 Å². The number of carboxylic acids is 1. The van der Waals surface area contributed by atoms with Crippen LogP contribution in [0.15, 0.2) is 29.4 Å². The fourth-order valence-corrected chi connectivity index (χ4v) is 1.10. The van der Waals surface area contributed by atoms with E-state index in [0.29, 0.717) is 5.75 Å². The highest BCUT2D eigenvalue weighted by molar-refractivity contribution is 7.93. The summed E-state index contributed by atoms with van der Waals surface area (Å²) in [5.74, 6) is -0.443. The average Bonchev–Trinajstić information content (AvgIpc) is 2.20. The van der Waals surface area contributed by atoms with Crippen LogP contribution in [0.25, 0.3) is 0 Å². The molecule has 0 fully saturated rings. The average molecular weight is 226 g/mol. The minimum Gasteiger partial charge on any atom is -0.477 e. The van der Waals surface area contributed by atoms with Crippen LogP contribution >= 0.6 is 12.2 Å². The number of nitrogens with zero attached hydrogens (tertiary/aromatic N) is 1. The molecule has 15 heavy (non-hydrogen) atoms. The van der Waals surface area contributed by atoms with Crippen molar-refractivity contribution in [2.45, 2.75) is 6.92 Å². The van der Waals surface area contributed by atoms with Gasteiger partial charge in [0.2, 0.25) is 0 Å². The number of carboxylic acid groups (broad SMARTS) is 1. The molecule has 0 amide bonds. The number of rotatable bonds is 5. The summed E-state index contributed by atoms with van der Waals surface area (Å²) in [4.78, 5) is 12.4. The van der Waals surface area contributed by atoms with E-state index in [0.717, 1.165) is 24.0 Å². The highest BCUT2D eigenvalue weighted by atomic mass is 32.2. The number of carbonyl (C=O) groups is 1. The molecule has 0 unspecified atom stereocenters. The van der Waals surface area contributed by atoms with Crippen LogP contribution in [-0.4, -0.2) is 17.3 Å². The van der Waals surface area contributed by atoms with E-state index in [4.69, 9.17) is 9.29 Å². The van der Waals surface area contributed by atoms with Gasteiger partial charge in [-0.25, -0.2) is 9.63 Å². The molecule has 1 aromatic carbocycles. The van der Waals surface area contributed by atoms with E-state index in [-0.39, 0.29) is 0 Å². The Bertz CT molecular complexity index is 351. The van der Waals surface area contributed by atoms with E-state index in [1.165, 1.54) is 0 Å². The molecule has 0 saturated heterocycles. The van der Waals surface area contributed by atoms with Gasteiger partial charge in [0.05, 0.1) is 0 Å². The molecule has 0 aliphatic carbocycles. The molecule has 0 heterocycles. The van der Waals surface area contributed by atoms with Crippen LogP contribution in [0.5, 0.6) is 5.75 Å². The van der Waals surface area contributed by atoms with Crippen LogP contribution in [0.4, 0.5) is 0 Å². The Kier molecular flexibility index (Phi) is 4.49. The molecule has 80 valence electrons. The molecule has 0 bridgehead atoms. The maximum absolute atomic E-state index is 10.0. The molecular weight excluding hydrogens is 216 g/mol. The SMILES string of the molecule is Cc1ccc(OSN/N=C/C(=O)O)cc1. The predicted molar refractivity (Wildman–Crippen MR) is 58.7 cm³/mol. The summed E-state index contributed by atoms with van der Waals surface area (Å²) in [7, 11) is 0. The molecule has 0 atom stereocenters. The second kappa shape index (κ2) is 5.92. The molecule has 0 aliphatic rings. The summed E-state index contributed by atoms with van der Waals surface area (Å²) in [6.07, 6.45) is 0.742. The molecule has 6 heteroatoms. The molecule has 2 N–H and O–H groups in total. The number of nitrogens with one attached hydrogen (secondary N) is 1. The van der Waals surface area contributed by atoms with Crippen molar-refractivity contribution in [2.75, 3.05) is 0 Å². The Hall–Kier alpha value is -1.69.